The molecule has 0 bridgehead atoms. The smallest absolute Gasteiger partial charge is 0.261 e. The third-order valence-corrected chi connectivity index (χ3v) is 5.08. The van der Waals surface area contributed by atoms with Gasteiger partial charge >= 0.3 is 0 Å². The fraction of sp³-hybridized carbons (Fsp3) is 0.0357. The Kier molecular flexibility index (Phi) is 7.77. The van der Waals surface area contributed by atoms with Crippen LogP contribution in [0.4, 0.5) is 20.2 Å². The van der Waals surface area contributed by atoms with Crippen molar-refractivity contribution in [2.45, 2.75) is 6.61 Å². The van der Waals surface area contributed by atoms with Crippen LogP contribution < -0.4 is 15.4 Å². The normalized spacial score (nSPS) is 10.3. The topological polar surface area (TPSA) is 80.3 Å². The highest BCUT2D eigenvalue weighted by molar-refractivity contribution is 6.28. The summed E-state index contributed by atoms with van der Waals surface area (Å²) in [5.74, 6) is -2.44. The van der Waals surface area contributed by atoms with Gasteiger partial charge in [0.05, 0.1) is 11.4 Å². The Morgan fingerprint density at radius 2 is 1.28 bits per heavy atom. The lowest BCUT2D eigenvalue weighted by Gasteiger charge is -2.12. The molecule has 0 saturated heterocycles. The van der Waals surface area contributed by atoms with Crippen LogP contribution in [0.15, 0.2) is 103 Å². The maximum absolute atomic E-state index is 14.1. The van der Waals surface area contributed by atoms with E-state index in [9.17, 15) is 18.4 Å². The summed E-state index contributed by atoms with van der Waals surface area (Å²) in [6, 6.07) is 21.5. The molecule has 1 heterocycles. The van der Waals surface area contributed by atoms with Gasteiger partial charge in [-0.05, 0) is 65.7 Å². The predicted octanol–water partition coefficient (Wildman–Crippen LogP) is 5.60. The van der Waals surface area contributed by atoms with Crippen molar-refractivity contribution in [1.29, 1.82) is 0 Å². The van der Waals surface area contributed by atoms with Crippen LogP contribution >= 0.6 is 0 Å². The number of anilines is 2. The molecular formula is C28H21F2N3O3. The summed E-state index contributed by atoms with van der Waals surface area (Å²) in [7, 11) is 0. The van der Waals surface area contributed by atoms with Crippen LogP contribution in [-0.2, 0) is 16.2 Å². The minimum absolute atomic E-state index is 0.0908. The van der Waals surface area contributed by atoms with E-state index in [4.69, 9.17) is 4.74 Å². The lowest BCUT2D eigenvalue weighted by molar-refractivity contribution is -0.118. The molecule has 4 aromatic rings. The van der Waals surface area contributed by atoms with Crippen LogP contribution in [0.3, 0.4) is 0 Å². The summed E-state index contributed by atoms with van der Waals surface area (Å²) >= 11 is 0. The number of aromatic nitrogens is 1. The van der Waals surface area contributed by atoms with Crippen molar-refractivity contribution in [2.75, 3.05) is 10.6 Å². The molecule has 4 rings (SSSR count). The van der Waals surface area contributed by atoms with Crippen LogP contribution in [0.5, 0.6) is 5.75 Å². The lowest BCUT2D eigenvalue weighted by atomic mass is 10.1. The molecule has 0 unspecified atom stereocenters. The van der Waals surface area contributed by atoms with Gasteiger partial charge < -0.3 is 15.4 Å². The first kappa shape index (κ1) is 24.3. The molecule has 0 fully saturated rings. The minimum Gasteiger partial charge on any atom is -0.489 e. The molecule has 8 heteroatoms. The number of ether oxygens (including phenoxy) is 1. The summed E-state index contributed by atoms with van der Waals surface area (Å²) in [4.78, 5) is 29.9. The first-order valence-electron chi connectivity index (χ1n) is 10.9. The molecular weight excluding hydrogens is 464 g/mol. The van der Waals surface area contributed by atoms with Gasteiger partial charge in [-0.1, -0.05) is 36.4 Å². The van der Waals surface area contributed by atoms with Gasteiger partial charge in [-0.2, -0.15) is 0 Å². The predicted molar refractivity (Wildman–Crippen MR) is 133 cm³/mol. The highest BCUT2D eigenvalue weighted by atomic mass is 19.1. The summed E-state index contributed by atoms with van der Waals surface area (Å²) in [5, 5.41) is 4.79. The second kappa shape index (κ2) is 11.5. The third kappa shape index (κ3) is 6.38. The largest absolute Gasteiger partial charge is 0.489 e. The zero-order valence-corrected chi connectivity index (χ0v) is 18.9. The molecule has 0 aliphatic heterocycles. The number of pyridine rings is 1. The number of carbonyl (C=O) groups excluding carboxylic acids is 2. The Morgan fingerprint density at radius 3 is 1.81 bits per heavy atom. The van der Waals surface area contributed by atoms with Crippen LogP contribution in [0.2, 0.25) is 0 Å². The first-order chi connectivity index (χ1) is 17.5. The van der Waals surface area contributed by atoms with Crippen molar-refractivity contribution in [2.24, 2.45) is 0 Å². The second-order valence-electron chi connectivity index (χ2n) is 7.64. The number of rotatable bonds is 8. The van der Waals surface area contributed by atoms with E-state index >= 15 is 0 Å². The van der Waals surface area contributed by atoms with E-state index in [0.717, 1.165) is 5.56 Å². The van der Waals surface area contributed by atoms with Gasteiger partial charge in [-0.3, -0.25) is 14.6 Å². The Morgan fingerprint density at radius 1 is 0.750 bits per heavy atom. The van der Waals surface area contributed by atoms with Gasteiger partial charge in [0, 0.05) is 12.4 Å². The molecule has 0 radical (unpaired) electrons. The van der Waals surface area contributed by atoms with E-state index in [-0.39, 0.29) is 16.9 Å². The minimum atomic E-state index is -0.855. The van der Waals surface area contributed by atoms with E-state index in [0.29, 0.717) is 17.9 Å². The molecule has 36 heavy (non-hydrogen) atoms. The Bertz CT molecular complexity index is 1330. The van der Waals surface area contributed by atoms with Crippen molar-refractivity contribution in [3.63, 3.8) is 0 Å². The van der Waals surface area contributed by atoms with Crippen LogP contribution in [0.25, 0.3) is 6.08 Å². The summed E-state index contributed by atoms with van der Waals surface area (Å²) < 4.78 is 33.9. The average molecular weight is 485 g/mol. The number of hydrogen-bond acceptors (Lipinski definition) is 4. The third-order valence-electron chi connectivity index (χ3n) is 5.08. The number of nitrogens with zero attached hydrogens (tertiary/aromatic N) is 1. The maximum atomic E-state index is 14.1. The van der Waals surface area contributed by atoms with Gasteiger partial charge in [-0.25, -0.2) is 8.78 Å². The molecule has 0 atom stereocenters. The molecule has 6 nitrogen and oxygen atoms in total. The Balaban J connectivity index is 1.56. The number of para-hydroxylation sites is 2. The Hall–Kier alpha value is -4.85. The number of nitrogens with one attached hydrogen (secondary N) is 2. The maximum Gasteiger partial charge on any atom is 0.261 e. The van der Waals surface area contributed by atoms with E-state index < -0.39 is 23.4 Å². The molecule has 180 valence electrons. The summed E-state index contributed by atoms with van der Waals surface area (Å²) in [6.45, 7) is 0.346. The summed E-state index contributed by atoms with van der Waals surface area (Å²) in [5.41, 5.74) is 0.936. The number of amides is 2. The number of hydrogen-bond donors (Lipinski definition) is 2. The highest BCUT2D eigenvalue weighted by Gasteiger charge is 2.21. The lowest BCUT2D eigenvalue weighted by Crippen LogP contribution is -2.26. The molecule has 0 aliphatic rings. The zero-order chi connectivity index (χ0) is 25.3. The van der Waals surface area contributed by atoms with E-state index in [2.05, 4.69) is 15.6 Å². The van der Waals surface area contributed by atoms with Gasteiger partial charge in [0.2, 0.25) is 0 Å². The average Bonchev–Trinajstić information content (AvgIpc) is 2.90. The number of benzene rings is 3. The summed E-state index contributed by atoms with van der Waals surface area (Å²) in [6.07, 6.45) is 4.68. The van der Waals surface area contributed by atoms with E-state index in [1.165, 1.54) is 42.5 Å². The van der Waals surface area contributed by atoms with Gasteiger partial charge in [0.15, 0.2) is 0 Å². The molecule has 2 N–H and O–H groups in total. The molecule has 0 aliphatic carbocycles. The van der Waals surface area contributed by atoms with Crippen LogP contribution in [-0.4, -0.2) is 16.8 Å². The van der Waals surface area contributed by atoms with E-state index in [1.54, 1.807) is 48.8 Å². The van der Waals surface area contributed by atoms with Crippen molar-refractivity contribution < 1.29 is 23.1 Å². The fourth-order valence-electron chi connectivity index (χ4n) is 3.21. The first-order valence-corrected chi connectivity index (χ1v) is 10.9. The van der Waals surface area contributed by atoms with Gasteiger partial charge in [0.25, 0.3) is 11.8 Å². The monoisotopic (exact) mass is 485 g/mol. The second-order valence-corrected chi connectivity index (χ2v) is 7.64. The van der Waals surface area contributed by atoms with Crippen molar-refractivity contribution in [3.8, 4) is 5.75 Å². The number of carbonyl (C=O) groups is 2. The molecule has 1 aromatic heterocycles. The number of halogens is 2. The Labute approximate surface area is 206 Å². The van der Waals surface area contributed by atoms with Crippen molar-refractivity contribution in [3.05, 3.63) is 126 Å². The van der Waals surface area contributed by atoms with Crippen molar-refractivity contribution in [1.82, 2.24) is 4.98 Å². The fourth-order valence-corrected chi connectivity index (χ4v) is 3.21. The van der Waals surface area contributed by atoms with E-state index in [1.807, 2.05) is 12.1 Å². The zero-order valence-electron chi connectivity index (χ0n) is 18.9. The molecule has 0 saturated carbocycles. The highest BCUT2D eigenvalue weighted by Crippen LogP contribution is 2.20. The quantitative estimate of drug-likeness (QED) is 0.193. The standard InChI is InChI=1S/C28H21F2N3O3/c29-23-5-1-3-7-25(23)32-27(34)22(28(35)33-26-8-4-2-6-24(26)30)17-19-9-11-21(12-10-19)36-18-20-13-15-31-16-14-20/h1-17H,18H2,(H,32,34)(H,33,35). The van der Waals surface area contributed by atoms with Crippen LogP contribution in [0, 0.1) is 11.6 Å². The van der Waals surface area contributed by atoms with Crippen LogP contribution in [0.1, 0.15) is 11.1 Å². The van der Waals surface area contributed by atoms with Gasteiger partial charge in [0.1, 0.15) is 29.6 Å². The molecule has 3 aromatic carbocycles. The van der Waals surface area contributed by atoms with Crippen molar-refractivity contribution >= 4 is 29.3 Å². The SMILES string of the molecule is O=C(Nc1ccccc1F)C(=Cc1ccc(OCc2ccncc2)cc1)C(=O)Nc1ccccc1F. The molecule has 2 amide bonds. The molecule has 0 spiro atoms. The van der Waals surface area contributed by atoms with Gasteiger partial charge in [-0.15, -0.1) is 0 Å².